The molecule has 0 saturated heterocycles. The molecule has 1 N–H and O–H groups in total. The quantitative estimate of drug-likeness (QED) is 0.512. The van der Waals surface area contributed by atoms with Crippen LogP contribution in [-0.2, 0) is 0 Å². The summed E-state index contributed by atoms with van der Waals surface area (Å²) in [7, 11) is 0. The minimum Gasteiger partial charge on any atom is -0.313 e. The third-order valence-corrected chi connectivity index (χ3v) is 2.30. The van der Waals surface area contributed by atoms with E-state index in [4.69, 9.17) is 0 Å². The first-order valence-electron chi connectivity index (χ1n) is 4.19. The normalized spacial score (nSPS) is 34.9. The van der Waals surface area contributed by atoms with E-state index >= 15 is 0 Å². The molecule has 0 fully saturated rings. The number of allylic oxidation sites excluding steroid dienone is 4. The molecule has 0 aromatic carbocycles. The molecule has 1 nitrogen and oxygen atoms in total. The van der Waals surface area contributed by atoms with E-state index in [2.05, 4.69) is 41.8 Å². The highest BCUT2D eigenvalue weighted by Gasteiger charge is 2.16. The molecule has 1 aliphatic carbocycles. The average molecular weight is 147 g/mol. The molecule has 1 aliphatic heterocycles. The zero-order valence-electron chi connectivity index (χ0n) is 6.53. The first kappa shape index (κ1) is 6.86. The predicted octanol–water partition coefficient (Wildman–Crippen LogP) is 1.50. The number of rotatable bonds is 0. The summed E-state index contributed by atoms with van der Waals surface area (Å²) in [5, 5.41) is 3.37. The van der Waals surface area contributed by atoms with Crippen LogP contribution >= 0.6 is 0 Å². The lowest BCUT2D eigenvalue weighted by Gasteiger charge is -2.18. The Morgan fingerprint density at radius 3 is 3.00 bits per heavy atom. The van der Waals surface area contributed by atoms with Gasteiger partial charge in [-0.1, -0.05) is 36.5 Å². The maximum atomic E-state index is 3.37. The Balaban J connectivity index is 2.16. The lowest BCUT2D eigenvalue weighted by atomic mass is 9.89. The van der Waals surface area contributed by atoms with Gasteiger partial charge in [0.2, 0.25) is 0 Å². The van der Waals surface area contributed by atoms with Gasteiger partial charge in [0, 0.05) is 19.0 Å². The third kappa shape index (κ3) is 1.43. The minimum absolute atomic E-state index is 0.634. The molecule has 0 radical (unpaired) electrons. The van der Waals surface area contributed by atoms with Crippen molar-refractivity contribution in [3.8, 4) is 0 Å². The highest BCUT2D eigenvalue weighted by molar-refractivity contribution is 5.20. The summed E-state index contributed by atoms with van der Waals surface area (Å²) in [6.07, 6.45) is 13.3. The lowest BCUT2D eigenvalue weighted by molar-refractivity contribution is 0.524. The van der Waals surface area contributed by atoms with Crippen LogP contribution in [-0.4, -0.2) is 13.1 Å². The van der Waals surface area contributed by atoms with Gasteiger partial charge in [-0.15, -0.1) is 0 Å². The average Bonchev–Trinajstić information content (AvgIpc) is 2.28. The van der Waals surface area contributed by atoms with E-state index in [9.17, 15) is 0 Å². The number of hydrogen-bond acceptors (Lipinski definition) is 1. The minimum atomic E-state index is 0.634. The van der Waals surface area contributed by atoms with Gasteiger partial charge in [-0.2, -0.15) is 0 Å². The van der Waals surface area contributed by atoms with Gasteiger partial charge in [0.15, 0.2) is 0 Å². The molecular weight excluding hydrogens is 134 g/mol. The van der Waals surface area contributed by atoms with Gasteiger partial charge >= 0.3 is 0 Å². The number of hydrogen-bond donors (Lipinski definition) is 1. The van der Waals surface area contributed by atoms with E-state index in [1.54, 1.807) is 0 Å². The van der Waals surface area contributed by atoms with Crippen molar-refractivity contribution in [1.29, 1.82) is 0 Å². The molecule has 1 heterocycles. The Morgan fingerprint density at radius 1 is 1.09 bits per heavy atom. The fraction of sp³-hybridized carbons (Fsp3) is 0.400. The molecule has 0 spiro atoms. The van der Waals surface area contributed by atoms with Gasteiger partial charge in [-0.05, 0) is 5.92 Å². The Kier molecular flexibility index (Phi) is 1.91. The van der Waals surface area contributed by atoms with Gasteiger partial charge in [0.05, 0.1) is 0 Å². The van der Waals surface area contributed by atoms with E-state index in [1.165, 1.54) is 0 Å². The fourth-order valence-corrected chi connectivity index (χ4v) is 1.64. The molecule has 11 heavy (non-hydrogen) atoms. The van der Waals surface area contributed by atoms with Crippen LogP contribution in [0.2, 0.25) is 0 Å². The molecule has 2 unspecified atom stereocenters. The van der Waals surface area contributed by atoms with Gasteiger partial charge in [0.25, 0.3) is 0 Å². The molecule has 0 aromatic rings. The molecule has 2 rings (SSSR count). The lowest BCUT2D eigenvalue weighted by Crippen LogP contribution is -2.23. The van der Waals surface area contributed by atoms with Crippen molar-refractivity contribution >= 4 is 0 Å². The first-order valence-corrected chi connectivity index (χ1v) is 4.19. The van der Waals surface area contributed by atoms with Crippen molar-refractivity contribution < 1.29 is 0 Å². The molecule has 2 atom stereocenters. The first-order chi connectivity index (χ1) is 5.47. The van der Waals surface area contributed by atoms with E-state index in [0.29, 0.717) is 11.8 Å². The monoisotopic (exact) mass is 147 g/mol. The van der Waals surface area contributed by atoms with E-state index < -0.39 is 0 Å². The molecule has 1 heteroatoms. The highest BCUT2D eigenvalue weighted by atomic mass is 14.9. The zero-order valence-corrected chi connectivity index (χ0v) is 6.53. The Morgan fingerprint density at radius 2 is 2.00 bits per heavy atom. The van der Waals surface area contributed by atoms with Gasteiger partial charge in [0.1, 0.15) is 0 Å². The summed E-state index contributed by atoms with van der Waals surface area (Å²) in [6.45, 7) is 2.13. The Hall–Kier alpha value is -0.820. The summed E-state index contributed by atoms with van der Waals surface area (Å²) in [5.41, 5.74) is 0. The number of nitrogens with one attached hydrogen (secondary N) is 1. The number of fused-ring (bicyclic) bond motifs is 1. The maximum Gasteiger partial charge on any atom is 0.0135 e. The van der Waals surface area contributed by atoms with E-state index in [1.807, 2.05) is 0 Å². The van der Waals surface area contributed by atoms with Crippen LogP contribution in [0.15, 0.2) is 36.5 Å². The molecule has 2 aliphatic rings. The second kappa shape index (κ2) is 3.05. The molecule has 0 saturated carbocycles. The topological polar surface area (TPSA) is 12.0 Å². The molecule has 58 valence electrons. The van der Waals surface area contributed by atoms with Gasteiger partial charge in [-0.25, -0.2) is 0 Å². The van der Waals surface area contributed by atoms with Crippen molar-refractivity contribution in [1.82, 2.24) is 5.32 Å². The van der Waals surface area contributed by atoms with Crippen molar-refractivity contribution in [3.05, 3.63) is 36.5 Å². The second-order valence-electron chi connectivity index (χ2n) is 3.10. The summed E-state index contributed by atoms with van der Waals surface area (Å²) in [5.74, 6) is 1.31. The van der Waals surface area contributed by atoms with Crippen molar-refractivity contribution in [3.63, 3.8) is 0 Å². The largest absolute Gasteiger partial charge is 0.313 e. The fourth-order valence-electron chi connectivity index (χ4n) is 1.64. The van der Waals surface area contributed by atoms with Crippen LogP contribution in [0.5, 0.6) is 0 Å². The zero-order chi connectivity index (χ0) is 7.52. The van der Waals surface area contributed by atoms with E-state index in [-0.39, 0.29) is 0 Å². The predicted molar refractivity (Wildman–Crippen MR) is 47.3 cm³/mol. The summed E-state index contributed by atoms with van der Waals surface area (Å²) >= 11 is 0. The molecule has 0 bridgehead atoms. The molecular formula is C10H13N. The maximum absolute atomic E-state index is 3.37. The van der Waals surface area contributed by atoms with Crippen molar-refractivity contribution in [2.75, 3.05) is 13.1 Å². The van der Waals surface area contributed by atoms with Crippen molar-refractivity contribution in [2.45, 2.75) is 0 Å². The van der Waals surface area contributed by atoms with Crippen LogP contribution in [0.25, 0.3) is 0 Å². The van der Waals surface area contributed by atoms with E-state index in [0.717, 1.165) is 13.1 Å². The summed E-state index contributed by atoms with van der Waals surface area (Å²) < 4.78 is 0. The van der Waals surface area contributed by atoms with Gasteiger partial charge in [-0.3, -0.25) is 0 Å². The van der Waals surface area contributed by atoms with Crippen LogP contribution in [0.4, 0.5) is 0 Å². The standard InChI is InChI=1S/C10H13N/c1-2-5-10-8-11-7-3-6-9(10)4-1/h1-6,9-11H,7-8H2. The van der Waals surface area contributed by atoms with Gasteiger partial charge < -0.3 is 5.32 Å². The molecule has 0 amide bonds. The smallest absolute Gasteiger partial charge is 0.0135 e. The van der Waals surface area contributed by atoms with Crippen LogP contribution < -0.4 is 5.32 Å². The Labute approximate surface area is 67.5 Å². The third-order valence-electron chi connectivity index (χ3n) is 2.30. The summed E-state index contributed by atoms with van der Waals surface area (Å²) in [6, 6.07) is 0. The van der Waals surface area contributed by atoms with Crippen LogP contribution in [0, 0.1) is 11.8 Å². The van der Waals surface area contributed by atoms with Crippen LogP contribution in [0.3, 0.4) is 0 Å². The van der Waals surface area contributed by atoms with Crippen LogP contribution in [0.1, 0.15) is 0 Å². The summed E-state index contributed by atoms with van der Waals surface area (Å²) in [4.78, 5) is 0. The molecule has 0 aromatic heterocycles. The Bertz CT molecular complexity index is 213. The highest BCUT2D eigenvalue weighted by Crippen LogP contribution is 2.21. The van der Waals surface area contributed by atoms with Crippen molar-refractivity contribution in [2.24, 2.45) is 11.8 Å². The SMILES string of the molecule is C1=CC2C=CCNCC2C=C1. The second-order valence-corrected chi connectivity index (χ2v) is 3.10.